The first-order valence-electron chi connectivity index (χ1n) is 5.35. The number of carbonyl (C=O) groups is 1. The molecule has 2 rings (SSSR count). The van der Waals surface area contributed by atoms with E-state index in [2.05, 4.69) is 26.2 Å². The maximum atomic E-state index is 12.0. The van der Waals surface area contributed by atoms with E-state index in [1.54, 1.807) is 37.6 Å². The molecule has 1 aromatic carbocycles. The van der Waals surface area contributed by atoms with Crippen LogP contribution in [0.25, 0.3) is 0 Å². The summed E-state index contributed by atoms with van der Waals surface area (Å²) in [4.78, 5) is 16.0. The number of anilines is 1. The van der Waals surface area contributed by atoms with E-state index < -0.39 is 0 Å². The second-order valence-corrected chi connectivity index (χ2v) is 5.01. The predicted octanol–water partition coefficient (Wildman–Crippen LogP) is 3.76. The van der Waals surface area contributed by atoms with Gasteiger partial charge in [-0.15, -0.1) is 0 Å². The highest BCUT2D eigenvalue weighted by molar-refractivity contribution is 9.10. The van der Waals surface area contributed by atoms with Crippen molar-refractivity contribution in [2.45, 2.75) is 0 Å². The molecule has 0 aliphatic heterocycles. The summed E-state index contributed by atoms with van der Waals surface area (Å²) >= 11 is 9.29. The van der Waals surface area contributed by atoms with Gasteiger partial charge in [-0.3, -0.25) is 9.78 Å². The highest BCUT2D eigenvalue weighted by Crippen LogP contribution is 2.27. The third kappa shape index (κ3) is 3.45. The van der Waals surface area contributed by atoms with Crippen molar-refractivity contribution in [2.75, 3.05) is 12.4 Å². The van der Waals surface area contributed by atoms with Crippen LogP contribution in [0.4, 0.5) is 5.69 Å². The minimum atomic E-state index is -0.288. The Morgan fingerprint density at radius 2 is 2.16 bits per heavy atom. The molecular weight excluding hydrogens is 332 g/mol. The van der Waals surface area contributed by atoms with Gasteiger partial charge in [0.05, 0.1) is 23.4 Å². The summed E-state index contributed by atoms with van der Waals surface area (Å²) in [5.41, 5.74) is 0.930. The number of hydrogen-bond acceptors (Lipinski definition) is 3. The number of halogens is 2. The van der Waals surface area contributed by atoms with Crippen molar-refractivity contribution in [1.29, 1.82) is 0 Å². The second kappa shape index (κ2) is 6.04. The Bertz CT molecular complexity index is 619. The van der Waals surface area contributed by atoms with Crippen molar-refractivity contribution in [2.24, 2.45) is 0 Å². The Hall–Kier alpha value is -1.59. The molecule has 0 fully saturated rings. The summed E-state index contributed by atoms with van der Waals surface area (Å²) < 4.78 is 5.82. The molecule has 98 valence electrons. The number of amides is 1. The van der Waals surface area contributed by atoms with Crippen molar-refractivity contribution < 1.29 is 9.53 Å². The van der Waals surface area contributed by atoms with Crippen LogP contribution in [0.1, 0.15) is 10.4 Å². The predicted molar refractivity (Wildman–Crippen MR) is 77.9 cm³/mol. The molecule has 0 aliphatic carbocycles. The average molecular weight is 342 g/mol. The molecule has 6 heteroatoms. The smallest absolute Gasteiger partial charge is 0.257 e. The first-order valence-corrected chi connectivity index (χ1v) is 6.52. The van der Waals surface area contributed by atoms with Gasteiger partial charge in [-0.2, -0.15) is 0 Å². The van der Waals surface area contributed by atoms with Gasteiger partial charge in [0.1, 0.15) is 5.75 Å². The number of benzene rings is 1. The molecule has 0 atom stereocenters. The van der Waals surface area contributed by atoms with E-state index in [4.69, 9.17) is 16.3 Å². The summed E-state index contributed by atoms with van der Waals surface area (Å²) in [7, 11) is 1.55. The van der Waals surface area contributed by atoms with Crippen LogP contribution in [0.2, 0.25) is 5.02 Å². The summed E-state index contributed by atoms with van der Waals surface area (Å²) in [5.74, 6) is 0.330. The molecule has 0 spiro atoms. The molecule has 0 bridgehead atoms. The zero-order valence-electron chi connectivity index (χ0n) is 9.98. The van der Waals surface area contributed by atoms with Crippen LogP contribution in [-0.4, -0.2) is 18.0 Å². The Morgan fingerprint density at radius 1 is 1.37 bits per heavy atom. The molecule has 1 aromatic heterocycles. The first kappa shape index (κ1) is 13.8. The van der Waals surface area contributed by atoms with Gasteiger partial charge in [0.25, 0.3) is 5.91 Å². The third-order valence-corrected chi connectivity index (χ3v) is 3.15. The highest BCUT2D eigenvalue weighted by Gasteiger charge is 2.10. The summed E-state index contributed by atoms with van der Waals surface area (Å²) in [6, 6.07) is 6.72. The van der Waals surface area contributed by atoms with Crippen molar-refractivity contribution in [1.82, 2.24) is 4.98 Å². The van der Waals surface area contributed by atoms with Crippen molar-refractivity contribution >= 4 is 39.1 Å². The zero-order chi connectivity index (χ0) is 13.8. The number of methoxy groups -OCH3 is 1. The first-order chi connectivity index (χ1) is 9.10. The standard InChI is InChI=1S/C13H10BrClN2O2/c1-19-10-2-3-11(15)12(5-10)17-13(18)8-4-9(14)7-16-6-8/h2-7H,1H3,(H,17,18). The van der Waals surface area contributed by atoms with E-state index in [0.29, 0.717) is 22.0 Å². The Kier molecular flexibility index (Phi) is 4.39. The molecule has 1 N–H and O–H groups in total. The van der Waals surface area contributed by atoms with Gasteiger partial charge in [0.15, 0.2) is 0 Å². The Labute approximate surface area is 123 Å². The monoisotopic (exact) mass is 340 g/mol. The highest BCUT2D eigenvalue weighted by atomic mass is 79.9. The molecule has 19 heavy (non-hydrogen) atoms. The van der Waals surface area contributed by atoms with Crippen LogP contribution in [0.15, 0.2) is 41.1 Å². The quantitative estimate of drug-likeness (QED) is 0.925. The van der Waals surface area contributed by atoms with Crippen LogP contribution >= 0.6 is 27.5 Å². The van der Waals surface area contributed by atoms with Crippen LogP contribution in [0, 0.1) is 0 Å². The number of pyridine rings is 1. The minimum absolute atomic E-state index is 0.288. The molecule has 0 aliphatic rings. The molecule has 0 unspecified atom stereocenters. The van der Waals surface area contributed by atoms with E-state index >= 15 is 0 Å². The van der Waals surface area contributed by atoms with Gasteiger partial charge in [-0.05, 0) is 34.1 Å². The molecule has 1 amide bonds. The van der Waals surface area contributed by atoms with Crippen molar-refractivity contribution in [3.63, 3.8) is 0 Å². The van der Waals surface area contributed by atoms with Crippen molar-refractivity contribution in [3.8, 4) is 5.75 Å². The van der Waals surface area contributed by atoms with Gasteiger partial charge in [0.2, 0.25) is 0 Å². The molecule has 0 radical (unpaired) electrons. The van der Waals surface area contributed by atoms with Crippen LogP contribution < -0.4 is 10.1 Å². The molecule has 2 aromatic rings. The second-order valence-electron chi connectivity index (χ2n) is 3.69. The maximum absolute atomic E-state index is 12.0. The summed E-state index contributed by atoms with van der Waals surface area (Å²) in [6.07, 6.45) is 3.09. The number of aromatic nitrogens is 1. The largest absolute Gasteiger partial charge is 0.497 e. The van der Waals surface area contributed by atoms with Crippen LogP contribution in [0.5, 0.6) is 5.75 Å². The molecule has 4 nitrogen and oxygen atoms in total. The topological polar surface area (TPSA) is 51.2 Å². The lowest BCUT2D eigenvalue weighted by atomic mass is 10.2. The van der Waals surface area contributed by atoms with E-state index in [1.807, 2.05) is 0 Å². The molecule has 0 saturated carbocycles. The molecular formula is C13H10BrClN2O2. The minimum Gasteiger partial charge on any atom is -0.497 e. The molecule has 0 saturated heterocycles. The lowest BCUT2D eigenvalue weighted by Gasteiger charge is -2.09. The number of nitrogens with zero attached hydrogens (tertiary/aromatic N) is 1. The molecule has 1 heterocycles. The van der Waals surface area contributed by atoms with Crippen molar-refractivity contribution in [3.05, 3.63) is 51.7 Å². The zero-order valence-corrected chi connectivity index (χ0v) is 12.3. The average Bonchev–Trinajstić information content (AvgIpc) is 2.41. The van der Waals surface area contributed by atoms with E-state index in [9.17, 15) is 4.79 Å². The normalized spacial score (nSPS) is 10.1. The Morgan fingerprint density at radius 3 is 2.84 bits per heavy atom. The van der Waals surface area contributed by atoms with Gasteiger partial charge < -0.3 is 10.1 Å². The fourth-order valence-electron chi connectivity index (χ4n) is 1.46. The van der Waals surface area contributed by atoms with Gasteiger partial charge in [-0.1, -0.05) is 11.6 Å². The fourth-order valence-corrected chi connectivity index (χ4v) is 1.99. The summed E-state index contributed by atoms with van der Waals surface area (Å²) in [6.45, 7) is 0. The summed E-state index contributed by atoms with van der Waals surface area (Å²) in [5, 5.41) is 3.16. The van der Waals surface area contributed by atoms with Gasteiger partial charge >= 0.3 is 0 Å². The number of nitrogens with one attached hydrogen (secondary N) is 1. The van der Waals surface area contributed by atoms with Gasteiger partial charge in [0, 0.05) is 22.9 Å². The maximum Gasteiger partial charge on any atom is 0.257 e. The fraction of sp³-hybridized carbons (Fsp3) is 0.0769. The SMILES string of the molecule is COc1ccc(Cl)c(NC(=O)c2cncc(Br)c2)c1. The number of hydrogen-bond donors (Lipinski definition) is 1. The Balaban J connectivity index is 2.23. The lowest BCUT2D eigenvalue weighted by molar-refractivity contribution is 0.102. The van der Waals surface area contributed by atoms with Crippen LogP contribution in [0.3, 0.4) is 0 Å². The van der Waals surface area contributed by atoms with Crippen LogP contribution in [-0.2, 0) is 0 Å². The number of rotatable bonds is 3. The third-order valence-electron chi connectivity index (χ3n) is 2.39. The number of ether oxygens (including phenoxy) is 1. The lowest BCUT2D eigenvalue weighted by Crippen LogP contribution is -2.12. The van der Waals surface area contributed by atoms with Gasteiger partial charge in [-0.25, -0.2) is 0 Å². The van der Waals surface area contributed by atoms with E-state index in [-0.39, 0.29) is 5.91 Å². The van der Waals surface area contributed by atoms with E-state index in [1.165, 1.54) is 6.20 Å². The number of carbonyl (C=O) groups excluding carboxylic acids is 1. The van der Waals surface area contributed by atoms with E-state index in [0.717, 1.165) is 4.47 Å².